The molecule has 0 bridgehead atoms. The quantitative estimate of drug-likeness (QED) is 0.736. The average Bonchev–Trinajstić information content (AvgIpc) is 3.28. The molecule has 0 amide bonds. The Kier molecular flexibility index (Phi) is 3.63. The number of hydrogen-bond acceptors (Lipinski definition) is 6. The Labute approximate surface area is 133 Å². The number of rotatable bonds is 4. The highest BCUT2D eigenvalue weighted by Crippen LogP contribution is 2.35. The van der Waals surface area contributed by atoms with Gasteiger partial charge in [0.05, 0.1) is 6.33 Å². The Morgan fingerprint density at radius 2 is 2.30 bits per heavy atom. The lowest BCUT2D eigenvalue weighted by Gasteiger charge is -2.15. The summed E-state index contributed by atoms with van der Waals surface area (Å²) in [5.74, 6) is 1.39. The van der Waals surface area contributed by atoms with Gasteiger partial charge in [-0.1, -0.05) is 5.16 Å². The van der Waals surface area contributed by atoms with Crippen molar-refractivity contribution in [3.8, 4) is 11.4 Å². The summed E-state index contributed by atoms with van der Waals surface area (Å²) >= 11 is 0. The molecule has 0 radical (unpaired) electrons. The van der Waals surface area contributed by atoms with Crippen molar-refractivity contribution in [2.45, 2.75) is 26.0 Å². The third kappa shape index (κ3) is 2.75. The van der Waals surface area contributed by atoms with Crippen molar-refractivity contribution in [2.24, 2.45) is 5.92 Å². The van der Waals surface area contributed by atoms with E-state index >= 15 is 0 Å². The largest absolute Gasteiger partial charge is 0.368 e. The Hall–Kier alpha value is -2.54. The Balaban J connectivity index is 1.57. The van der Waals surface area contributed by atoms with E-state index in [-0.39, 0.29) is 6.10 Å². The van der Waals surface area contributed by atoms with Gasteiger partial charge in [-0.05, 0) is 25.5 Å². The first-order valence-electron chi connectivity index (χ1n) is 7.64. The van der Waals surface area contributed by atoms with Crippen LogP contribution in [0.1, 0.15) is 24.1 Å². The van der Waals surface area contributed by atoms with Gasteiger partial charge in [0.2, 0.25) is 5.82 Å². The molecule has 118 valence electrons. The number of imidazole rings is 1. The van der Waals surface area contributed by atoms with Crippen LogP contribution in [0.3, 0.4) is 0 Å². The molecular formula is C16H17N5O2. The first kappa shape index (κ1) is 14.1. The van der Waals surface area contributed by atoms with Crippen molar-refractivity contribution in [3.05, 3.63) is 48.6 Å². The molecule has 0 N–H and O–H groups in total. The smallest absolute Gasteiger partial charge is 0.256 e. The van der Waals surface area contributed by atoms with Crippen LogP contribution in [0.5, 0.6) is 0 Å². The van der Waals surface area contributed by atoms with Gasteiger partial charge in [0, 0.05) is 48.9 Å². The Morgan fingerprint density at radius 1 is 1.35 bits per heavy atom. The van der Waals surface area contributed by atoms with Crippen molar-refractivity contribution in [3.63, 3.8) is 0 Å². The molecule has 3 aromatic rings. The SMILES string of the molecule is Cc1ncccc1-c1noc([C@H]2OCC[C@H]2Cn2ccnc2)n1. The van der Waals surface area contributed by atoms with Gasteiger partial charge < -0.3 is 13.8 Å². The van der Waals surface area contributed by atoms with Crippen LogP contribution in [0.4, 0.5) is 0 Å². The lowest BCUT2D eigenvalue weighted by atomic mass is 10.0. The molecule has 1 fully saturated rings. The maximum absolute atomic E-state index is 5.83. The predicted octanol–water partition coefficient (Wildman–Crippen LogP) is 2.41. The van der Waals surface area contributed by atoms with Gasteiger partial charge in [0.25, 0.3) is 5.89 Å². The predicted molar refractivity (Wildman–Crippen MR) is 81.3 cm³/mol. The standard InChI is InChI=1S/C16H17N5O2/c1-11-13(3-2-5-18-11)15-19-16(23-20-15)14-12(4-8-22-14)9-21-7-6-17-10-21/h2-3,5-7,10,12,14H,4,8-9H2,1H3/t12-,14-/m0/s1. The topological polar surface area (TPSA) is 78.9 Å². The van der Waals surface area contributed by atoms with Gasteiger partial charge in [0.15, 0.2) is 0 Å². The third-order valence-corrected chi connectivity index (χ3v) is 4.15. The lowest BCUT2D eigenvalue weighted by molar-refractivity contribution is 0.0587. The van der Waals surface area contributed by atoms with Gasteiger partial charge in [-0.3, -0.25) is 4.98 Å². The molecule has 2 atom stereocenters. The van der Waals surface area contributed by atoms with E-state index in [0.717, 1.165) is 24.2 Å². The second kappa shape index (κ2) is 5.92. The monoisotopic (exact) mass is 311 g/mol. The highest BCUT2D eigenvalue weighted by Gasteiger charge is 2.34. The lowest BCUT2D eigenvalue weighted by Crippen LogP contribution is -2.14. The fourth-order valence-corrected chi connectivity index (χ4v) is 2.94. The van der Waals surface area contributed by atoms with Crippen molar-refractivity contribution in [2.75, 3.05) is 6.61 Å². The minimum Gasteiger partial charge on any atom is -0.368 e. The van der Waals surface area contributed by atoms with Crippen LogP contribution in [0.25, 0.3) is 11.4 Å². The highest BCUT2D eigenvalue weighted by atomic mass is 16.5. The molecule has 0 aromatic carbocycles. The minimum absolute atomic E-state index is 0.171. The number of aryl methyl sites for hydroxylation is 1. The molecule has 1 aliphatic rings. The Morgan fingerprint density at radius 3 is 3.13 bits per heavy atom. The summed E-state index contributed by atoms with van der Waals surface area (Å²) in [6.45, 7) is 3.46. The Bertz CT molecular complexity index is 783. The molecule has 0 unspecified atom stereocenters. The summed E-state index contributed by atoms with van der Waals surface area (Å²) < 4.78 is 13.4. The number of ether oxygens (including phenoxy) is 1. The third-order valence-electron chi connectivity index (χ3n) is 4.15. The molecule has 1 aliphatic heterocycles. The molecule has 0 spiro atoms. The second-order valence-corrected chi connectivity index (χ2v) is 5.69. The van der Waals surface area contributed by atoms with Crippen LogP contribution in [0.2, 0.25) is 0 Å². The maximum Gasteiger partial charge on any atom is 0.256 e. The van der Waals surface area contributed by atoms with Gasteiger partial charge >= 0.3 is 0 Å². The van der Waals surface area contributed by atoms with Crippen LogP contribution in [0.15, 0.2) is 41.6 Å². The summed E-state index contributed by atoms with van der Waals surface area (Å²) in [6.07, 6.45) is 8.09. The van der Waals surface area contributed by atoms with Crippen molar-refractivity contribution < 1.29 is 9.26 Å². The van der Waals surface area contributed by atoms with Gasteiger partial charge in [-0.2, -0.15) is 4.98 Å². The van der Waals surface area contributed by atoms with Crippen LogP contribution in [-0.4, -0.2) is 31.3 Å². The molecular weight excluding hydrogens is 294 g/mol. The van der Waals surface area contributed by atoms with E-state index in [1.54, 1.807) is 12.4 Å². The number of hydrogen-bond donors (Lipinski definition) is 0. The number of aromatic nitrogens is 5. The molecule has 3 aromatic heterocycles. The van der Waals surface area contributed by atoms with Crippen molar-refractivity contribution in [1.82, 2.24) is 24.7 Å². The van der Waals surface area contributed by atoms with E-state index in [1.165, 1.54) is 0 Å². The van der Waals surface area contributed by atoms with E-state index in [2.05, 4.69) is 24.7 Å². The summed E-state index contributed by atoms with van der Waals surface area (Å²) in [5.41, 5.74) is 1.76. The molecule has 4 rings (SSSR count). The summed E-state index contributed by atoms with van der Waals surface area (Å²) in [5, 5.41) is 4.10. The average molecular weight is 311 g/mol. The van der Waals surface area contributed by atoms with Crippen LogP contribution in [-0.2, 0) is 11.3 Å². The summed E-state index contributed by atoms with van der Waals surface area (Å²) in [4.78, 5) is 12.9. The molecule has 7 nitrogen and oxygen atoms in total. The molecule has 1 saturated heterocycles. The van der Waals surface area contributed by atoms with Crippen molar-refractivity contribution >= 4 is 0 Å². The first-order chi connectivity index (χ1) is 11.3. The zero-order chi connectivity index (χ0) is 15.6. The zero-order valence-corrected chi connectivity index (χ0v) is 12.8. The van der Waals surface area contributed by atoms with Gasteiger partial charge in [-0.25, -0.2) is 4.98 Å². The van der Waals surface area contributed by atoms with E-state index in [0.29, 0.717) is 24.2 Å². The van der Waals surface area contributed by atoms with E-state index in [4.69, 9.17) is 9.26 Å². The molecule has 23 heavy (non-hydrogen) atoms. The maximum atomic E-state index is 5.83. The van der Waals surface area contributed by atoms with Gasteiger partial charge in [-0.15, -0.1) is 0 Å². The molecule has 0 saturated carbocycles. The second-order valence-electron chi connectivity index (χ2n) is 5.69. The van der Waals surface area contributed by atoms with E-state index < -0.39 is 0 Å². The number of pyridine rings is 1. The molecule has 7 heteroatoms. The first-order valence-corrected chi connectivity index (χ1v) is 7.64. The summed E-state index contributed by atoms with van der Waals surface area (Å²) in [7, 11) is 0. The van der Waals surface area contributed by atoms with Crippen molar-refractivity contribution in [1.29, 1.82) is 0 Å². The van der Waals surface area contributed by atoms with Crippen LogP contribution < -0.4 is 0 Å². The minimum atomic E-state index is -0.171. The van der Waals surface area contributed by atoms with Crippen LogP contribution in [0, 0.1) is 12.8 Å². The van der Waals surface area contributed by atoms with E-state index in [9.17, 15) is 0 Å². The number of nitrogens with zero attached hydrogens (tertiary/aromatic N) is 5. The normalized spacial score (nSPS) is 20.9. The van der Waals surface area contributed by atoms with Crippen LogP contribution >= 0.6 is 0 Å². The molecule has 4 heterocycles. The zero-order valence-electron chi connectivity index (χ0n) is 12.8. The molecule has 0 aliphatic carbocycles. The fourth-order valence-electron chi connectivity index (χ4n) is 2.94. The summed E-state index contributed by atoms with van der Waals surface area (Å²) in [6, 6.07) is 3.81. The van der Waals surface area contributed by atoms with Gasteiger partial charge in [0.1, 0.15) is 6.10 Å². The van der Waals surface area contributed by atoms with E-state index in [1.807, 2.05) is 31.6 Å². The fraction of sp³-hybridized carbons (Fsp3) is 0.375. The highest BCUT2D eigenvalue weighted by molar-refractivity contribution is 5.56.